The lowest BCUT2D eigenvalue weighted by Gasteiger charge is -2.18. The lowest BCUT2D eigenvalue weighted by molar-refractivity contribution is 0.473. The highest BCUT2D eigenvalue weighted by atomic mass is 35.5. The first-order valence-corrected chi connectivity index (χ1v) is 8.31. The first-order valence-electron chi connectivity index (χ1n) is 6.49. The molecule has 4 N–H and O–H groups in total. The quantitative estimate of drug-likeness (QED) is 0.863. The van der Waals surface area contributed by atoms with Gasteiger partial charge in [-0.15, -0.1) is 0 Å². The Bertz CT molecular complexity index is 809. The van der Waals surface area contributed by atoms with Gasteiger partial charge in [-0.25, -0.2) is 13.4 Å². The Balaban J connectivity index is 2.23. The van der Waals surface area contributed by atoms with Crippen LogP contribution in [0.2, 0.25) is 5.02 Å². The van der Waals surface area contributed by atoms with Crippen LogP contribution in [0, 0.1) is 0 Å². The monoisotopic (exact) mass is 326 g/mol. The normalized spacial score (nSPS) is 20.2. The van der Waals surface area contributed by atoms with Crippen molar-refractivity contribution in [3.05, 3.63) is 29.4 Å². The van der Waals surface area contributed by atoms with Crippen LogP contribution in [0.15, 0.2) is 29.3 Å². The maximum atomic E-state index is 12.8. The first-order chi connectivity index (χ1) is 9.91. The first kappa shape index (κ1) is 14.5. The Kier molecular flexibility index (Phi) is 3.53. The summed E-state index contributed by atoms with van der Waals surface area (Å²) < 4.78 is 27.0. The van der Waals surface area contributed by atoms with E-state index in [2.05, 4.69) is 4.98 Å². The Morgan fingerprint density at radius 3 is 2.81 bits per heavy atom. The number of halogens is 1. The molecule has 0 radical (unpaired) electrons. The second kappa shape index (κ2) is 5.10. The number of nitrogens with zero attached hydrogens (tertiary/aromatic N) is 2. The third-order valence-electron chi connectivity index (χ3n) is 3.66. The van der Waals surface area contributed by atoms with Crippen molar-refractivity contribution in [3.63, 3.8) is 0 Å². The van der Waals surface area contributed by atoms with Gasteiger partial charge in [-0.2, -0.15) is 4.31 Å². The van der Waals surface area contributed by atoms with Gasteiger partial charge in [0.2, 0.25) is 10.0 Å². The molecule has 0 bridgehead atoms. The SMILES string of the molecule is Nc1ncc(Cl)c2c(S(=O)(=O)N3CC[C@H](N)C3)cccc12. The second-order valence-electron chi connectivity index (χ2n) is 5.08. The number of pyridine rings is 1. The maximum absolute atomic E-state index is 12.8. The van der Waals surface area contributed by atoms with Crippen LogP contribution in [0.1, 0.15) is 6.42 Å². The van der Waals surface area contributed by atoms with E-state index in [1.807, 2.05) is 0 Å². The third-order valence-corrected chi connectivity index (χ3v) is 5.86. The van der Waals surface area contributed by atoms with Crippen LogP contribution in [0.5, 0.6) is 0 Å². The van der Waals surface area contributed by atoms with E-state index in [1.165, 1.54) is 16.6 Å². The van der Waals surface area contributed by atoms with Crippen molar-refractivity contribution in [2.45, 2.75) is 17.4 Å². The summed E-state index contributed by atoms with van der Waals surface area (Å²) in [5.74, 6) is 0.254. The fraction of sp³-hybridized carbons (Fsp3) is 0.308. The summed E-state index contributed by atoms with van der Waals surface area (Å²) in [5, 5.41) is 1.21. The van der Waals surface area contributed by atoms with Crippen LogP contribution < -0.4 is 11.5 Å². The number of rotatable bonds is 2. The lowest BCUT2D eigenvalue weighted by atomic mass is 10.1. The highest BCUT2D eigenvalue weighted by Crippen LogP contribution is 2.34. The molecule has 0 unspecified atom stereocenters. The van der Waals surface area contributed by atoms with Crippen molar-refractivity contribution in [2.75, 3.05) is 18.8 Å². The van der Waals surface area contributed by atoms with Gasteiger partial charge in [-0.1, -0.05) is 23.7 Å². The summed E-state index contributed by atoms with van der Waals surface area (Å²) in [7, 11) is -3.65. The summed E-state index contributed by atoms with van der Waals surface area (Å²) in [6.07, 6.45) is 2.02. The van der Waals surface area contributed by atoms with Crippen LogP contribution in [0.25, 0.3) is 10.8 Å². The fourth-order valence-corrected chi connectivity index (χ4v) is 4.63. The van der Waals surface area contributed by atoms with E-state index < -0.39 is 10.0 Å². The summed E-state index contributed by atoms with van der Waals surface area (Å²) in [6, 6.07) is 4.75. The molecule has 2 aromatic rings. The maximum Gasteiger partial charge on any atom is 0.243 e. The molecular formula is C13H15ClN4O2S. The zero-order valence-electron chi connectivity index (χ0n) is 11.2. The molecule has 1 aliphatic rings. The van der Waals surface area contributed by atoms with Crippen LogP contribution in [0.3, 0.4) is 0 Å². The zero-order valence-corrected chi connectivity index (χ0v) is 12.7. The molecule has 0 saturated carbocycles. The molecule has 1 saturated heterocycles. The van der Waals surface area contributed by atoms with Gasteiger partial charge in [-0.05, 0) is 12.5 Å². The number of nitrogens with two attached hydrogens (primary N) is 2. The predicted molar refractivity (Wildman–Crippen MR) is 82.5 cm³/mol. The van der Waals surface area contributed by atoms with Crippen LogP contribution >= 0.6 is 11.6 Å². The number of hydrogen-bond donors (Lipinski definition) is 2. The third kappa shape index (κ3) is 2.36. The van der Waals surface area contributed by atoms with Gasteiger partial charge in [0, 0.05) is 36.1 Å². The average molecular weight is 327 g/mol. The summed E-state index contributed by atoms with van der Waals surface area (Å²) in [4.78, 5) is 4.10. The molecule has 2 heterocycles. The summed E-state index contributed by atoms with van der Waals surface area (Å²) in [6.45, 7) is 0.731. The topological polar surface area (TPSA) is 102 Å². The van der Waals surface area contributed by atoms with E-state index >= 15 is 0 Å². The van der Waals surface area contributed by atoms with E-state index in [-0.39, 0.29) is 21.8 Å². The zero-order chi connectivity index (χ0) is 15.2. The van der Waals surface area contributed by atoms with Gasteiger partial charge >= 0.3 is 0 Å². The van der Waals surface area contributed by atoms with Crippen LogP contribution in [0.4, 0.5) is 5.82 Å². The predicted octanol–water partition coefficient (Wildman–Crippen LogP) is 1.19. The number of fused-ring (bicyclic) bond motifs is 1. The Morgan fingerprint density at radius 1 is 1.38 bits per heavy atom. The van der Waals surface area contributed by atoms with Crippen molar-refractivity contribution < 1.29 is 8.42 Å². The molecule has 1 aromatic carbocycles. The summed E-state index contributed by atoms with van der Waals surface area (Å²) in [5.41, 5.74) is 11.6. The molecule has 1 fully saturated rings. The molecule has 112 valence electrons. The number of sulfonamides is 1. The van der Waals surface area contributed by atoms with Gasteiger partial charge in [-0.3, -0.25) is 0 Å². The molecule has 1 atom stereocenters. The fourth-order valence-electron chi connectivity index (χ4n) is 2.58. The minimum atomic E-state index is -3.65. The second-order valence-corrected chi connectivity index (χ2v) is 7.40. The van der Waals surface area contributed by atoms with Crippen LogP contribution in [-0.2, 0) is 10.0 Å². The highest BCUT2D eigenvalue weighted by Gasteiger charge is 2.32. The van der Waals surface area contributed by atoms with E-state index in [4.69, 9.17) is 23.1 Å². The smallest absolute Gasteiger partial charge is 0.243 e. The number of nitrogen functional groups attached to an aromatic ring is 1. The molecule has 0 amide bonds. The number of anilines is 1. The van der Waals surface area contributed by atoms with Gasteiger partial charge in [0.1, 0.15) is 5.82 Å². The van der Waals surface area contributed by atoms with Crippen molar-refractivity contribution in [3.8, 4) is 0 Å². The van der Waals surface area contributed by atoms with Crippen molar-refractivity contribution in [1.82, 2.24) is 9.29 Å². The largest absolute Gasteiger partial charge is 0.383 e. The molecule has 1 aliphatic heterocycles. The molecular weight excluding hydrogens is 312 g/mol. The molecule has 0 spiro atoms. The van der Waals surface area contributed by atoms with E-state index in [1.54, 1.807) is 12.1 Å². The lowest BCUT2D eigenvalue weighted by Crippen LogP contribution is -2.32. The molecule has 1 aromatic heterocycles. The van der Waals surface area contributed by atoms with Crippen molar-refractivity contribution >= 4 is 38.2 Å². The number of benzene rings is 1. The highest BCUT2D eigenvalue weighted by molar-refractivity contribution is 7.89. The van der Waals surface area contributed by atoms with E-state index in [9.17, 15) is 8.42 Å². The molecule has 8 heteroatoms. The number of aromatic nitrogens is 1. The number of hydrogen-bond acceptors (Lipinski definition) is 5. The molecule has 3 rings (SSSR count). The van der Waals surface area contributed by atoms with Crippen molar-refractivity contribution in [2.24, 2.45) is 5.73 Å². The van der Waals surface area contributed by atoms with Gasteiger partial charge in [0.05, 0.1) is 9.92 Å². The molecule has 21 heavy (non-hydrogen) atoms. The van der Waals surface area contributed by atoms with E-state index in [0.717, 1.165) is 0 Å². The van der Waals surface area contributed by atoms with Crippen molar-refractivity contribution in [1.29, 1.82) is 0 Å². The Hall–Kier alpha value is -1.41. The average Bonchev–Trinajstić information content (AvgIpc) is 2.90. The van der Waals surface area contributed by atoms with E-state index in [0.29, 0.717) is 30.3 Å². The Labute approximate surface area is 127 Å². The van der Waals surface area contributed by atoms with Gasteiger partial charge in [0.25, 0.3) is 0 Å². The molecule has 0 aliphatic carbocycles. The summed E-state index contributed by atoms with van der Waals surface area (Å²) >= 11 is 6.15. The molecule has 6 nitrogen and oxygen atoms in total. The minimum Gasteiger partial charge on any atom is -0.383 e. The van der Waals surface area contributed by atoms with Crippen LogP contribution in [-0.4, -0.2) is 36.8 Å². The minimum absolute atomic E-state index is 0.128. The van der Waals surface area contributed by atoms with Gasteiger partial charge in [0.15, 0.2) is 0 Å². The van der Waals surface area contributed by atoms with Gasteiger partial charge < -0.3 is 11.5 Å². The Morgan fingerprint density at radius 2 is 2.14 bits per heavy atom. The standard InChI is InChI=1S/C13H15ClN4O2S/c14-10-6-17-13(16)9-2-1-3-11(12(9)10)21(19,20)18-5-4-8(15)7-18/h1-3,6,8H,4-5,7,15H2,(H2,16,17)/t8-/m0/s1.